The average molecular weight is 297 g/mol. The number of methoxy groups -OCH3 is 1. The summed E-state index contributed by atoms with van der Waals surface area (Å²) in [7, 11) is 3.50. The van der Waals surface area contributed by atoms with Crippen LogP contribution in [0.3, 0.4) is 0 Å². The molecule has 1 unspecified atom stereocenters. The van der Waals surface area contributed by atoms with Crippen LogP contribution < -0.4 is 10.1 Å². The van der Waals surface area contributed by atoms with E-state index in [1.807, 2.05) is 13.1 Å². The van der Waals surface area contributed by atoms with Crippen molar-refractivity contribution in [1.29, 1.82) is 0 Å². The van der Waals surface area contributed by atoms with E-state index in [2.05, 4.69) is 17.1 Å². The van der Waals surface area contributed by atoms with Gasteiger partial charge in [-0.15, -0.1) is 0 Å². The fourth-order valence-corrected chi connectivity index (χ4v) is 4.01. The van der Waals surface area contributed by atoms with Crippen molar-refractivity contribution >= 4 is 11.8 Å². The smallest absolute Gasteiger partial charge is 0.165 e. The zero-order valence-corrected chi connectivity index (χ0v) is 13.1. The van der Waals surface area contributed by atoms with E-state index >= 15 is 0 Å². The number of thioether (sulfide) groups is 1. The lowest BCUT2D eigenvalue weighted by atomic mass is 9.91. The zero-order valence-electron chi connectivity index (χ0n) is 12.3. The Balaban J connectivity index is 1.93. The van der Waals surface area contributed by atoms with E-state index in [0.717, 1.165) is 17.9 Å². The second-order valence-corrected chi connectivity index (χ2v) is 6.67. The molecule has 112 valence electrons. The van der Waals surface area contributed by atoms with Crippen LogP contribution in [0.2, 0.25) is 0 Å². The monoisotopic (exact) mass is 297 g/mol. The van der Waals surface area contributed by atoms with Crippen LogP contribution in [0.5, 0.6) is 5.75 Å². The van der Waals surface area contributed by atoms with Crippen LogP contribution in [-0.2, 0) is 6.42 Å². The Labute approximate surface area is 125 Å². The molecule has 1 heterocycles. The number of benzene rings is 1. The maximum absolute atomic E-state index is 13.7. The Hall–Kier alpha value is -0.740. The zero-order chi connectivity index (χ0) is 14.4. The topological polar surface area (TPSA) is 21.3 Å². The van der Waals surface area contributed by atoms with Crippen LogP contribution >= 0.6 is 11.8 Å². The molecule has 0 aliphatic carbocycles. The summed E-state index contributed by atoms with van der Waals surface area (Å²) < 4.78 is 18.7. The van der Waals surface area contributed by atoms with Crippen molar-refractivity contribution in [2.75, 3.05) is 25.7 Å². The van der Waals surface area contributed by atoms with E-state index < -0.39 is 0 Å². The number of hydrogen-bond acceptors (Lipinski definition) is 3. The van der Waals surface area contributed by atoms with Crippen molar-refractivity contribution < 1.29 is 9.13 Å². The minimum Gasteiger partial charge on any atom is -0.494 e. The molecular formula is C16H24FNOS. The Morgan fingerprint density at radius 3 is 2.75 bits per heavy atom. The SMILES string of the molecule is CNC(Cc1ccc(OC)c(F)c1)CC1CCSCC1. The van der Waals surface area contributed by atoms with Gasteiger partial charge in [0.1, 0.15) is 0 Å². The standard InChI is InChI=1S/C16H24FNOS/c1-18-14(9-12-5-7-20-8-6-12)10-13-3-4-16(19-2)15(17)11-13/h3-4,11-12,14,18H,5-10H2,1-2H3. The Morgan fingerprint density at radius 1 is 1.40 bits per heavy atom. The van der Waals surface area contributed by atoms with E-state index in [9.17, 15) is 4.39 Å². The van der Waals surface area contributed by atoms with Crippen LogP contribution in [0.15, 0.2) is 18.2 Å². The van der Waals surface area contributed by atoms with Crippen LogP contribution in [0.4, 0.5) is 4.39 Å². The molecule has 1 aromatic carbocycles. The maximum atomic E-state index is 13.7. The summed E-state index contributed by atoms with van der Waals surface area (Å²) in [4.78, 5) is 0. The van der Waals surface area contributed by atoms with Gasteiger partial charge in [0, 0.05) is 6.04 Å². The molecule has 1 aliphatic heterocycles. The first-order valence-corrected chi connectivity index (χ1v) is 8.45. The Morgan fingerprint density at radius 2 is 2.15 bits per heavy atom. The summed E-state index contributed by atoms with van der Waals surface area (Å²) in [5.74, 6) is 3.45. The molecule has 1 atom stereocenters. The molecule has 4 heteroatoms. The number of halogens is 1. The van der Waals surface area contributed by atoms with Crippen molar-refractivity contribution in [3.8, 4) is 5.75 Å². The van der Waals surface area contributed by atoms with Crippen molar-refractivity contribution in [3.05, 3.63) is 29.6 Å². The first-order valence-electron chi connectivity index (χ1n) is 7.30. The summed E-state index contributed by atoms with van der Waals surface area (Å²) in [6, 6.07) is 5.70. The predicted octanol–water partition coefficient (Wildman–Crippen LogP) is 3.50. The lowest BCUT2D eigenvalue weighted by Gasteiger charge is -2.26. The molecule has 1 N–H and O–H groups in total. The largest absolute Gasteiger partial charge is 0.494 e. The van der Waals surface area contributed by atoms with Crippen LogP contribution in [0.1, 0.15) is 24.8 Å². The molecule has 0 aromatic heterocycles. The summed E-state index contributed by atoms with van der Waals surface area (Å²) in [5.41, 5.74) is 1.04. The lowest BCUT2D eigenvalue weighted by molar-refractivity contribution is 0.373. The lowest BCUT2D eigenvalue weighted by Crippen LogP contribution is -2.31. The highest BCUT2D eigenvalue weighted by Crippen LogP contribution is 2.27. The first-order chi connectivity index (χ1) is 9.72. The Kier molecular flexibility index (Phi) is 6.17. The minimum absolute atomic E-state index is 0.270. The fraction of sp³-hybridized carbons (Fsp3) is 0.625. The summed E-state index contributed by atoms with van der Waals surface area (Å²) in [5, 5.41) is 3.39. The summed E-state index contributed by atoms with van der Waals surface area (Å²) >= 11 is 2.06. The highest BCUT2D eigenvalue weighted by Gasteiger charge is 2.19. The molecular weight excluding hydrogens is 273 g/mol. The molecule has 0 spiro atoms. The number of rotatable bonds is 6. The first kappa shape index (κ1) is 15.6. The second-order valence-electron chi connectivity index (χ2n) is 5.45. The molecule has 0 radical (unpaired) electrons. The van der Waals surface area contributed by atoms with Gasteiger partial charge in [0.25, 0.3) is 0 Å². The van der Waals surface area contributed by atoms with Gasteiger partial charge < -0.3 is 10.1 Å². The molecule has 0 bridgehead atoms. The number of ether oxygens (including phenoxy) is 1. The highest BCUT2D eigenvalue weighted by atomic mass is 32.2. The van der Waals surface area contributed by atoms with E-state index in [-0.39, 0.29) is 5.82 Å². The van der Waals surface area contributed by atoms with Crippen molar-refractivity contribution in [1.82, 2.24) is 5.32 Å². The maximum Gasteiger partial charge on any atom is 0.165 e. The molecule has 2 rings (SSSR count). The van der Waals surface area contributed by atoms with Crippen molar-refractivity contribution in [2.45, 2.75) is 31.7 Å². The third-order valence-electron chi connectivity index (χ3n) is 4.07. The number of hydrogen-bond donors (Lipinski definition) is 1. The third kappa shape index (κ3) is 4.38. The van der Waals surface area contributed by atoms with Gasteiger partial charge in [-0.25, -0.2) is 4.39 Å². The third-order valence-corrected chi connectivity index (χ3v) is 5.11. The molecule has 1 saturated heterocycles. The number of nitrogens with one attached hydrogen (secondary N) is 1. The minimum atomic E-state index is -0.270. The highest BCUT2D eigenvalue weighted by molar-refractivity contribution is 7.99. The predicted molar refractivity (Wildman–Crippen MR) is 84.2 cm³/mol. The van der Waals surface area contributed by atoms with Gasteiger partial charge in [0.05, 0.1) is 7.11 Å². The van der Waals surface area contributed by atoms with E-state index in [1.165, 1.54) is 37.9 Å². The molecule has 0 saturated carbocycles. The molecule has 0 amide bonds. The molecule has 20 heavy (non-hydrogen) atoms. The molecule has 1 fully saturated rings. The van der Waals surface area contributed by atoms with Crippen LogP contribution in [-0.4, -0.2) is 31.7 Å². The van der Waals surface area contributed by atoms with Gasteiger partial charge >= 0.3 is 0 Å². The summed E-state index contributed by atoms with van der Waals surface area (Å²) in [6.45, 7) is 0. The quantitative estimate of drug-likeness (QED) is 0.868. The van der Waals surface area contributed by atoms with E-state index in [1.54, 1.807) is 12.1 Å². The molecule has 1 aromatic rings. The van der Waals surface area contributed by atoms with E-state index in [4.69, 9.17) is 4.74 Å². The normalized spacial score (nSPS) is 17.9. The molecule has 2 nitrogen and oxygen atoms in total. The van der Waals surface area contributed by atoms with Gasteiger partial charge in [-0.3, -0.25) is 0 Å². The number of likely N-dealkylation sites (N-methyl/N-ethyl adjacent to an activating group) is 1. The van der Waals surface area contributed by atoms with E-state index in [0.29, 0.717) is 11.8 Å². The van der Waals surface area contributed by atoms with Crippen molar-refractivity contribution in [2.24, 2.45) is 5.92 Å². The molecule has 1 aliphatic rings. The van der Waals surface area contributed by atoms with Gasteiger partial charge in [-0.1, -0.05) is 6.07 Å². The average Bonchev–Trinajstić information content (AvgIpc) is 2.48. The van der Waals surface area contributed by atoms with Crippen LogP contribution in [0, 0.1) is 11.7 Å². The van der Waals surface area contributed by atoms with Gasteiger partial charge in [0.2, 0.25) is 0 Å². The fourth-order valence-electron chi connectivity index (χ4n) is 2.81. The van der Waals surface area contributed by atoms with Crippen molar-refractivity contribution in [3.63, 3.8) is 0 Å². The second kappa shape index (κ2) is 7.89. The van der Waals surface area contributed by atoms with Crippen LogP contribution in [0.25, 0.3) is 0 Å². The van der Waals surface area contributed by atoms with Gasteiger partial charge in [-0.05, 0) is 67.9 Å². The Bertz CT molecular complexity index is 421. The van der Waals surface area contributed by atoms with Gasteiger partial charge in [0.15, 0.2) is 11.6 Å². The van der Waals surface area contributed by atoms with Gasteiger partial charge in [-0.2, -0.15) is 11.8 Å². The summed E-state index contributed by atoms with van der Waals surface area (Å²) in [6.07, 6.45) is 4.70.